The minimum Gasteiger partial charge on any atom is -0.488 e. The Morgan fingerprint density at radius 1 is 1.03 bits per heavy atom. The molecule has 32 heavy (non-hydrogen) atoms. The summed E-state index contributed by atoms with van der Waals surface area (Å²) >= 11 is 10.4. The van der Waals surface area contributed by atoms with E-state index in [2.05, 4.69) is 57.9 Å². The Morgan fingerprint density at radius 3 is 2.56 bits per heavy atom. The van der Waals surface area contributed by atoms with Gasteiger partial charge in [-0.2, -0.15) is 9.78 Å². The molecule has 1 aromatic heterocycles. The predicted molar refractivity (Wildman–Crippen MR) is 139 cm³/mol. The van der Waals surface area contributed by atoms with Crippen molar-refractivity contribution in [3.8, 4) is 5.75 Å². The summed E-state index contributed by atoms with van der Waals surface area (Å²) in [4.78, 5) is 17.7. The van der Waals surface area contributed by atoms with Crippen molar-refractivity contribution < 1.29 is 4.74 Å². The van der Waals surface area contributed by atoms with Crippen molar-refractivity contribution >= 4 is 64.9 Å². The second-order valence-electron chi connectivity index (χ2n) is 6.97. The first-order chi connectivity index (χ1) is 15.5. The van der Waals surface area contributed by atoms with Crippen LogP contribution in [0.4, 0.5) is 0 Å². The van der Waals surface area contributed by atoms with Crippen LogP contribution in [0.15, 0.2) is 84.0 Å². The lowest BCUT2D eigenvalue weighted by molar-refractivity contribution is 0.305. The molecule has 0 aliphatic carbocycles. The van der Waals surface area contributed by atoms with Gasteiger partial charge in [0, 0.05) is 31.0 Å². The highest BCUT2D eigenvalue weighted by molar-refractivity contribution is 9.11. The zero-order chi connectivity index (χ0) is 22.7. The SMILES string of the molecule is CCc1nc2ccc(Br)cc2c(=O)n1N=Cc1ccccc1OCc1ccc(Br)cc1Br. The summed E-state index contributed by atoms with van der Waals surface area (Å²) < 4.78 is 10.2. The molecule has 0 fully saturated rings. The number of aryl methyl sites for hydroxylation is 1. The van der Waals surface area contributed by atoms with Crippen molar-refractivity contribution in [2.75, 3.05) is 0 Å². The molecule has 0 spiro atoms. The Balaban J connectivity index is 1.66. The maximum atomic E-state index is 13.1. The van der Waals surface area contributed by atoms with Crippen molar-refractivity contribution in [1.29, 1.82) is 0 Å². The lowest BCUT2D eigenvalue weighted by Gasteiger charge is -2.11. The van der Waals surface area contributed by atoms with E-state index in [1.807, 2.05) is 61.5 Å². The van der Waals surface area contributed by atoms with Gasteiger partial charge < -0.3 is 4.74 Å². The summed E-state index contributed by atoms with van der Waals surface area (Å²) in [5.41, 5.74) is 2.24. The van der Waals surface area contributed by atoms with Gasteiger partial charge in [0.15, 0.2) is 0 Å². The summed E-state index contributed by atoms with van der Waals surface area (Å²) in [5, 5.41) is 4.99. The molecule has 0 saturated carbocycles. The molecule has 0 N–H and O–H groups in total. The van der Waals surface area contributed by atoms with Crippen molar-refractivity contribution in [3.63, 3.8) is 0 Å². The molecule has 0 radical (unpaired) electrons. The average Bonchev–Trinajstić information content (AvgIpc) is 2.78. The summed E-state index contributed by atoms with van der Waals surface area (Å²) in [6.07, 6.45) is 2.21. The molecule has 5 nitrogen and oxygen atoms in total. The number of benzene rings is 3. The van der Waals surface area contributed by atoms with Crippen molar-refractivity contribution in [1.82, 2.24) is 9.66 Å². The minimum absolute atomic E-state index is 0.207. The molecular formula is C24H18Br3N3O2. The first-order valence-corrected chi connectivity index (χ1v) is 12.3. The second kappa shape index (κ2) is 10.1. The number of nitrogens with zero attached hydrogens (tertiary/aromatic N) is 3. The zero-order valence-corrected chi connectivity index (χ0v) is 21.8. The third-order valence-electron chi connectivity index (χ3n) is 4.82. The molecule has 0 saturated heterocycles. The van der Waals surface area contributed by atoms with Crippen LogP contribution < -0.4 is 10.3 Å². The fourth-order valence-electron chi connectivity index (χ4n) is 3.18. The van der Waals surface area contributed by atoms with Crippen LogP contribution in [0.25, 0.3) is 10.9 Å². The van der Waals surface area contributed by atoms with Crippen LogP contribution in [0.3, 0.4) is 0 Å². The predicted octanol–water partition coefficient (Wildman–Crippen LogP) is 6.71. The quantitative estimate of drug-likeness (QED) is 0.226. The molecule has 8 heteroatoms. The van der Waals surface area contributed by atoms with E-state index in [1.165, 1.54) is 4.68 Å². The van der Waals surface area contributed by atoms with Gasteiger partial charge in [-0.15, -0.1) is 0 Å². The Morgan fingerprint density at radius 2 is 1.78 bits per heavy atom. The maximum absolute atomic E-state index is 13.1. The zero-order valence-electron chi connectivity index (χ0n) is 17.1. The number of aromatic nitrogens is 2. The highest BCUT2D eigenvalue weighted by atomic mass is 79.9. The topological polar surface area (TPSA) is 56.5 Å². The molecule has 162 valence electrons. The van der Waals surface area contributed by atoms with E-state index >= 15 is 0 Å². The normalized spacial score (nSPS) is 11.4. The van der Waals surface area contributed by atoms with Gasteiger partial charge in [-0.1, -0.05) is 72.9 Å². The van der Waals surface area contributed by atoms with E-state index in [4.69, 9.17) is 4.74 Å². The number of ether oxygens (including phenoxy) is 1. The van der Waals surface area contributed by atoms with Crippen LogP contribution in [0.2, 0.25) is 0 Å². The van der Waals surface area contributed by atoms with Crippen molar-refractivity contribution in [3.05, 3.63) is 101 Å². The monoisotopic (exact) mass is 617 g/mol. The standard InChI is InChI=1S/C24H18Br3N3O2/c1-2-23-29-21-10-9-17(25)11-19(21)24(31)30(23)28-13-15-5-3-4-6-22(15)32-14-16-7-8-18(26)12-20(16)27/h3-13H,2,14H2,1H3. The number of halogens is 3. The van der Waals surface area contributed by atoms with E-state index < -0.39 is 0 Å². The molecule has 4 aromatic rings. The molecule has 0 bridgehead atoms. The van der Waals surface area contributed by atoms with Gasteiger partial charge in [0.25, 0.3) is 5.56 Å². The molecular weight excluding hydrogens is 602 g/mol. The second-order valence-corrected chi connectivity index (χ2v) is 9.65. The van der Waals surface area contributed by atoms with Crippen LogP contribution in [-0.2, 0) is 13.0 Å². The van der Waals surface area contributed by atoms with E-state index in [1.54, 1.807) is 12.3 Å². The Labute approximate surface area is 210 Å². The van der Waals surface area contributed by atoms with Crippen LogP contribution in [0.1, 0.15) is 23.9 Å². The summed E-state index contributed by atoms with van der Waals surface area (Å²) in [7, 11) is 0. The Bertz CT molecular complexity index is 1380. The van der Waals surface area contributed by atoms with Crippen molar-refractivity contribution in [2.45, 2.75) is 20.0 Å². The third kappa shape index (κ3) is 5.03. The summed E-state index contributed by atoms with van der Waals surface area (Å²) in [6.45, 7) is 2.34. The fraction of sp³-hybridized carbons (Fsp3) is 0.125. The molecule has 0 unspecified atom stereocenters. The third-order valence-corrected chi connectivity index (χ3v) is 6.55. The van der Waals surface area contributed by atoms with Gasteiger partial charge in [-0.3, -0.25) is 4.79 Å². The lowest BCUT2D eigenvalue weighted by Crippen LogP contribution is -2.22. The first-order valence-electron chi connectivity index (χ1n) is 9.87. The summed E-state index contributed by atoms with van der Waals surface area (Å²) in [6, 6.07) is 19.0. The van der Waals surface area contributed by atoms with Gasteiger partial charge in [-0.05, 0) is 42.5 Å². The van der Waals surface area contributed by atoms with E-state index in [9.17, 15) is 4.79 Å². The molecule has 0 amide bonds. The van der Waals surface area contributed by atoms with Gasteiger partial charge in [0.2, 0.25) is 0 Å². The minimum atomic E-state index is -0.207. The van der Waals surface area contributed by atoms with E-state index in [-0.39, 0.29) is 5.56 Å². The van der Waals surface area contributed by atoms with Crippen LogP contribution in [0, 0.1) is 0 Å². The van der Waals surface area contributed by atoms with Crippen molar-refractivity contribution in [2.24, 2.45) is 5.10 Å². The number of fused-ring (bicyclic) bond motifs is 1. The number of hydrogen-bond acceptors (Lipinski definition) is 4. The van der Waals surface area contributed by atoms with Crippen LogP contribution in [0.5, 0.6) is 5.75 Å². The highest BCUT2D eigenvalue weighted by Gasteiger charge is 2.10. The first kappa shape index (κ1) is 22.9. The van der Waals surface area contributed by atoms with Gasteiger partial charge in [0.1, 0.15) is 18.2 Å². The highest BCUT2D eigenvalue weighted by Crippen LogP contribution is 2.24. The summed E-state index contributed by atoms with van der Waals surface area (Å²) in [5.74, 6) is 1.27. The van der Waals surface area contributed by atoms with Gasteiger partial charge in [-0.25, -0.2) is 4.98 Å². The average molecular weight is 620 g/mol. The van der Waals surface area contributed by atoms with Crippen LogP contribution >= 0.6 is 47.8 Å². The largest absolute Gasteiger partial charge is 0.488 e. The molecule has 4 rings (SSSR count). The van der Waals surface area contributed by atoms with Gasteiger partial charge >= 0.3 is 0 Å². The maximum Gasteiger partial charge on any atom is 0.282 e. The number of para-hydroxylation sites is 1. The van der Waals surface area contributed by atoms with Gasteiger partial charge in [0.05, 0.1) is 17.1 Å². The van der Waals surface area contributed by atoms with E-state index in [0.29, 0.717) is 35.5 Å². The Kier molecular flexibility index (Phi) is 7.23. The molecule has 0 aliphatic rings. The number of hydrogen-bond donors (Lipinski definition) is 0. The fourth-order valence-corrected chi connectivity index (χ4v) is 4.70. The molecule has 1 heterocycles. The Hall–Kier alpha value is -2.29. The van der Waals surface area contributed by atoms with E-state index in [0.717, 1.165) is 24.5 Å². The smallest absolute Gasteiger partial charge is 0.282 e. The lowest BCUT2D eigenvalue weighted by atomic mass is 10.2. The number of rotatable bonds is 6. The van der Waals surface area contributed by atoms with Crippen LogP contribution in [-0.4, -0.2) is 15.9 Å². The molecule has 0 atom stereocenters. The molecule has 3 aromatic carbocycles. The molecule has 0 aliphatic heterocycles.